The van der Waals surface area contributed by atoms with Crippen molar-refractivity contribution in [1.29, 1.82) is 0 Å². The van der Waals surface area contributed by atoms with Gasteiger partial charge in [-0.3, -0.25) is 4.98 Å². The lowest BCUT2D eigenvalue weighted by molar-refractivity contribution is 0.880. The van der Waals surface area contributed by atoms with E-state index in [1.807, 2.05) is 31.3 Å². The fourth-order valence-electron chi connectivity index (χ4n) is 2.17. The van der Waals surface area contributed by atoms with Crippen molar-refractivity contribution in [2.75, 3.05) is 5.32 Å². The molecule has 0 bridgehead atoms. The minimum Gasteiger partial charge on any atom is -0.377 e. The van der Waals surface area contributed by atoms with Crippen LogP contribution in [0.15, 0.2) is 35.8 Å². The molecular formula is C16H14Cl2N2S. The average molecular weight is 337 g/mol. The van der Waals surface area contributed by atoms with E-state index >= 15 is 0 Å². The molecule has 0 saturated heterocycles. The van der Waals surface area contributed by atoms with Crippen LogP contribution in [-0.4, -0.2) is 4.98 Å². The van der Waals surface area contributed by atoms with Crippen LogP contribution in [0.1, 0.15) is 24.1 Å². The van der Waals surface area contributed by atoms with E-state index in [1.54, 1.807) is 11.3 Å². The second kappa shape index (κ2) is 5.84. The number of pyridine rings is 1. The van der Waals surface area contributed by atoms with Crippen LogP contribution in [-0.2, 0) is 0 Å². The molecule has 108 valence electrons. The molecule has 2 heterocycles. The number of nitrogens with zero attached hydrogens (tertiary/aromatic N) is 1. The van der Waals surface area contributed by atoms with Gasteiger partial charge < -0.3 is 5.32 Å². The monoisotopic (exact) mass is 336 g/mol. The van der Waals surface area contributed by atoms with E-state index < -0.39 is 0 Å². The summed E-state index contributed by atoms with van der Waals surface area (Å²) in [5.41, 5.74) is 3.97. The summed E-state index contributed by atoms with van der Waals surface area (Å²) < 4.78 is 1.19. The Labute approximate surface area is 137 Å². The lowest BCUT2D eigenvalue weighted by Crippen LogP contribution is -2.07. The van der Waals surface area contributed by atoms with Crippen LogP contribution in [0.4, 0.5) is 5.69 Å². The molecule has 0 aliphatic carbocycles. The van der Waals surface area contributed by atoms with Crippen molar-refractivity contribution in [1.82, 2.24) is 4.98 Å². The number of fused-ring (bicyclic) bond motifs is 1. The molecule has 0 fully saturated rings. The molecule has 0 radical (unpaired) electrons. The van der Waals surface area contributed by atoms with Gasteiger partial charge in [0.05, 0.1) is 27.0 Å². The lowest BCUT2D eigenvalue weighted by Gasteiger charge is -2.17. The van der Waals surface area contributed by atoms with Crippen LogP contribution >= 0.6 is 34.5 Å². The molecule has 1 N–H and O–H groups in total. The molecule has 21 heavy (non-hydrogen) atoms. The van der Waals surface area contributed by atoms with E-state index in [2.05, 4.69) is 28.7 Å². The third kappa shape index (κ3) is 3.00. The topological polar surface area (TPSA) is 24.9 Å². The Kier molecular flexibility index (Phi) is 4.07. The predicted octanol–water partition coefficient (Wildman–Crippen LogP) is 6.08. The second-order valence-corrected chi connectivity index (χ2v) is 6.78. The Balaban J connectivity index is 1.88. The molecule has 1 unspecified atom stereocenters. The quantitative estimate of drug-likeness (QED) is 0.626. The van der Waals surface area contributed by atoms with Gasteiger partial charge in [-0.1, -0.05) is 23.2 Å². The molecule has 0 spiro atoms. The van der Waals surface area contributed by atoms with Crippen molar-refractivity contribution in [3.63, 3.8) is 0 Å². The Bertz CT molecular complexity index is 798. The maximum Gasteiger partial charge on any atom is 0.0809 e. The van der Waals surface area contributed by atoms with Gasteiger partial charge in [-0.2, -0.15) is 0 Å². The number of hydrogen-bond acceptors (Lipinski definition) is 3. The Morgan fingerprint density at radius 3 is 2.81 bits per heavy atom. The van der Waals surface area contributed by atoms with Crippen LogP contribution in [0, 0.1) is 6.92 Å². The molecule has 0 aliphatic rings. The van der Waals surface area contributed by atoms with E-state index in [1.165, 1.54) is 4.70 Å². The van der Waals surface area contributed by atoms with Crippen LogP contribution in [0.2, 0.25) is 10.0 Å². The Morgan fingerprint density at radius 2 is 2.00 bits per heavy atom. The number of thiophene rings is 1. The number of nitrogens with one attached hydrogen (secondary N) is 1. The first-order chi connectivity index (χ1) is 10.0. The summed E-state index contributed by atoms with van der Waals surface area (Å²) in [6.45, 7) is 4.02. The maximum absolute atomic E-state index is 6.28. The van der Waals surface area contributed by atoms with Gasteiger partial charge in [0.25, 0.3) is 0 Å². The summed E-state index contributed by atoms with van der Waals surface area (Å²) >= 11 is 14.1. The molecule has 1 atom stereocenters. The number of aromatic nitrogens is 1. The van der Waals surface area contributed by atoms with Crippen LogP contribution in [0.5, 0.6) is 0 Å². The zero-order valence-electron chi connectivity index (χ0n) is 11.7. The first-order valence-electron chi connectivity index (χ1n) is 6.60. The molecule has 3 rings (SSSR count). The molecule has 2 aromatic heterocycles. The molecule has 0 aliphatic heterocycles. The molecule has 2 nitrogen and oxygen atoms in total. The van der Waals surface area contributed by atoms with Gasteiger partial charge >= 0.3 is 0 Å². The highest BCUT2D eigenvalue weighted by molar-refractivity contribution is 7.17. The van der Waals surface area contributed by atoms with Gasteiger partial charge in [0.2, 0.25) is 0 Å². The summed E-state index contributed by atoms with van der Waals surface area (Å²) in [7, 11) is 0. The summed E-state index contributed by atoms with van der Waals surface area (Å²) in [6, 6.07) is 8.03. The number of hydrogen-bond donors (Lipinski definition) is 1. The van der Waals surface area contributed by atoms with Crippen molar-refractivity contribution in [3.8, 4) is 0 Å². The minimum atomic E-state index is 0.0975. The highest BCUT2D eigenvalue weighted by atomic mass is 35.5. The largest absolute Gasteiger partial charge is 0.377 e. The number of rotatable bonds is 3. The minimum absolute atomic E-state index is 0.0975. The number of halogens is 2. The van der Waals surface area contributed by atoms with Gasteiger partial charge in [-0.15, -0.1) is 11.3 Å². The zero-order chi connectivity index (χ0) is 15.0. The number of benzene rings is 1. The number of aryl methyl sites for hydroxylation is 1. The standard InChI is InChI=1S/C16H14Cl2N2S/c1-9-5-13(18)15(7-12(9)17)20-10(2)11-6-16-14(19-8-11)3-4-21-16/h3-8,10,20H,1-2H3. The summed E-state index contributed by atoms with van der Waals surface area (Å²) in [4.78, 5) is 4.47. The van der Waals surface area contributed by atoms with Gasteiger partial charge in [0.1, 0.15) is 0 Å². The van der Waals surface area contributed by atoms with E-state index in [9.17, 15) is 0 Å². The molecule has 1 aromatic carbocycles. The summed E-state index contributed by atoms with van der Waals surface area (Å²) in [5.74, 6) is 0. The fraction of sp³-hybridized carbons (Fsp3) is 0.188. The van der Waals surface area contributed by atoms with Gasteiger partial charge in [0.15, 0.2) is 0 Å². The van der Waals surface area contributed by atoms with E-state index in [0.29, 0.717) is 10.0 Å². The normalized spacial score (nSPS) is 12.6. The van der Waals surface area contributed by atoms with Crippen LogP contribution < -0.4 is 5.32 Å². The predicted molar refractivity (Wildman–Crippen MR) is 92.9 cm³/mol. The lowest BCUT2D eigenvalue weighted by atomic mass is 10.1. The third-order valence-electron chi connectivity index (χ3n) is 3.44. The Hall–Kier alpha value is -1.29. The first-order valence-corrected chi connectivity index (χ1v) is 8.23. The maximum atomic E-state index is 6.28. The van der Waals surface area contributed by atoms with Crippen molar-refractivity contribution in [3.05, 3.63) is 57.0 Å². The molecule has 3 aromatic rings. The van der Waals surface area contributed by atoms with Crippen molar-refractivity contribution in [2.24, 2.45) is 0 Å². The fourth-order valence-corrected chi connectivity index (χ4v) is 3.40. The van der Waals surface area contributed by atoms with Crippen LogP contribution in [0.3, 0.4) is 0 Å². The van der Waals surface area contributed by atoms with E-state index in [4.69, 9.17) is 23.2 Å². The second-order valence-electron chi connectivity index (χ2n) is 5.02. The zero-order valence-corrected chi connectivity index (χ0v) is 14.0. The Morgan fingerprint density at radius 1 is 1.19 bits per heavy atom. The van der Waals surface area contributed by atoms with E-state index in [-0.39, 0.29) is 6.04 Å². The molecule has 0 amide bonds. The van der Waals surface area contributed by atoms with Gasteiger partial charge in [-0.05, 0) is 54.6 Å². The van der Waals surface area contributed by atoms with Gasteiger partial charge in [-0.25, -0.2) is 0 Å². The molecule has 0 saturated carbocycles. The van der Waals surface area contributed by atoms with Crippen LogP contribution in [0.25, 0.3) is 10.2 Å². The van der Waals surface area contributed by atoms with E-state index in [0.717, 1.165) is 22.3 Å². The smallest absolute Gasteiger partial charge is 0.0809 e. The highest BCUT2D eigenvalue weighted by Crippen LogP contribution is 2.32. The van der Waals surface area contributed by atoms with Crippen molar-refractivity contribution < 1.29 is 0 Å². The third-order valence-corrected chi connectivity index (χ3v) is 5.02. The first kappa shape index (κ1) is 14.6. The summed E-state index contributed by atoms with van der Waals surface area (Å²) in [6.07, 6.45) is 1.90. The summed E-state index contributed by atoms with van der Waals surface area (Å²) in [5, 5.41) is 6.84. The average Bonchev–Trinajstić information content (AvgIpc) is 2.92. The SMILES string of the molecule is Cc1cc(Cl)c(NC(C)c2cnc3ccsc3c2)cc1Cl. The highest BCUT2D eigenvalue weighted by Gasteiger charge is 2.11. The number of anilines is 1. The molecular weight excluding hydrogens is 323 g/mol. The van der Waals surface area contributed by atoms with Crippen molar-refractivity contribution in [2.45, 2.75) is 19.9 Å². The van der Waals surface area contributed by atoms with Crippen molar-refractivity contribution >= 4 is 50.4 Å². The molecule has 5 heteroatoms. The van der Waals surface area contributed by atoms with Gasteiger partial charge in [0, 0.05) is 11.2 Å².